The maximum atomic E-state index is 12.8. The number of carbonyl (C=O) groups is 1. The highest BCUT2D eigenvalue weighted by atomic mass is 32.1. The van der Waals surface area contributed by atoms with Gasteiger partial charge in [0.2, 0.25) is 0 Å². The number of rotatable bonds is 3. The zero-order valence-electron chi connectivity index (χ0n) is 19.9. The van der Waals surface area contributed by atoms with Crippen molar-refractivity contribution >= 4 is 44.2 Å². The fourth-order valence-electron chi connectivity index (χ4n) is 4.40. The number of carboxylic acids is 1. The average molecular weight is 480 g/mol. The van der Waals surface area contributed by atoms with E-state index < -0.39 is 5.97 Å². The lowest BCUT2D eigenvalue weighted by atomic mass is 10.1. The van der Waals surface area contributed by atoms with Crippen molar-refractivity contribution in [2.24, 2.45) is 0 Å². The van der Waals surface area contributed by atoms with E-state index in [0.717, 1.165) is 65.0 Å². The molecular formula is C26H29N3O4S. The van der Waals surface area contributed by atoms with Gasteiger partial charge in [0, 0.05) is 49.7 Å². The van der Waals surface area contributed by atoms with Gasteiger partial charge in [-0.25, -0.2) is 9.78 Å². The molecule has 0 unspecified atom stereocenters. The van der Waals surface area contributed by atoms with Gasteiger partial charge in [-0.2, -0.15) is 0 Å². The molecule has 7 nitrogen and oxygen atoms in total. The number of piperazine rings is 1. The second-order valence-corrected chi connectivity index (χ2v) is 9.76. The van der Waals surface area contributed by atoms with Crippen LogP contribution in [-0.2, 0) is 4.79 Å². The monoisotopic (exact) mass is 479 g/mol. The number of carboxylic acid groups (broad SMARTS) is 1. The Labute approximate surface area is 202 Å². The van der Waals surface area contributed by atoms with E-state index >= 15 is 0 Å². The number of thiazole rings is 1. The number of hydrogen-bond donors (Lipinski definition) is 1. The van der Waals surface area contributed by atoms with Gasteiger partial charge < -0.3 is 14.4 Å². The van der Waals surface area contributed by atoms with Crippen LogP contribution in [0.2, 0.25) is 0 Å². The first-order valence-corrected chi connectivity index (χ1v) is 12.2. The molecule has 178 valence electrons. The van der Waals surface area contributed by atoms with Crippen molar-refractivity contribution in [1.82, 2.24) is 9.88 Å². The van der Waals surface area contributed by atoms with Crippen LogP contribution in [0.4, 0.5) is 5.69 Å². The normalized spacial score (nSPS) is 16.5. The zero-order valence-corrected chi connectivity index (χ0v) is 20.7. The number of fused-ring (bicyclic) bond motifs is 2. The molecule has 2 aromatic carbocycles. The summed E-state index contributed by atoms with van der Waals surface area (Å²) in [7, 11) is 0. The molecule has 1 aliphatic heterocycles. The van der Waals surface area contributed by atoms with Crippen molar-refractivity contribution in [2.45, 2.75) is 33.7 Å². The van der Waals surface area contributed by atoms with Gasteiger partial charge in [0.15, 0.2) is 0 Å². The molecule has 0 bridgehead atoms. The average Bonchev–Trinajstić information content (AvgIpc) is 3.17. The molecule has 34 heavy (non-hydrogen) atoms. The Morgan fingerprint density at radius 1 is 1.21 bits per heavy atom. The van der Waals surface area contributed by atoms with E-state index in [1.165, 1.54) is 0 Å². The van der Waals surface area contributed by atoms with Crippen molar-refractivity contribution in [3.8, 4) is 11.1 Å². The van der Waals surface area contributed by atoms with Crippen LogP contribution in [-0.4, -0.2) is 53.2 Å². The smallest absolute Gasteiger partial charge is 0.344 e. The first-order valence-electron chi connectivity index (χ1n) is 11.4. The van der Waals surface area contributed by atoms with E-state index in [2.05, 4.69) is 40.8 Å². The number of aryl methyl sites for hydroxylation is 1. The van der Waals surface area contributed by atoms with Gasteiger partial charge in [-0.3, -0.25) is 9.69 Å². The second-order valence-electron chi connectivity index (χ2n) is 8.53. The number of likely N-dealkylation sites (N-methyl/N-ethyl adjacent to an activating group) is 1. The highest BCUT2D eigenvalue weighted by Crippen LogP contribution is 2.29. The molecule has 0 aliphatic carbocycles. The van der Waals surface area contributed by atoms with Gasteiger partial charge in [0.25, 0.3) is 5.97 Å². The Kier molecular flexibility index (Phi) is 7.00. The Morgan fingerprint density at radius 3 is 2.68 bits per heavy atom. The summed E-state index contributed by atoms with van der Waals surface area (Å²) >= 11 is 1.64. The van der Waals surface area contributed by atoms with Gasteiger partial charge in [-0.15, -0.1) is 11.3 Å². The first kappa shape index (κ1) is 23.9. The molecule has 8 heteroatoms. The van der Waals surface area contributed by atoms with Crippen molar-refractivity contribution in [2.75, 3.05) is 31.1 Å². The third kappa shape index (κ3) is 5.13. The highest BCUT2D eigenvalue weighted by Gasteiger charge is 2.23. The summed E-state index contributed by atoms with van der Waals surface area (Å²) in [5, 5.41) is 9.38. The molecule has 0 saturated carbocycles. The molecule has 1 aliphatic rings. The number of aromatic nitrogens is 1. The minimum atomic E-state index is -0.833. The second kappa shape index (κ2) is 9.95. The molecule has 0 amide bonds. The quantitative estimate of drug-likeness (QED) is 0.414. The maximum Gasteiger partial charge on any atom is 0.344 e. The summed E-state index contributed by atoms with van der Waals surface area (Å²) in [6, 6.07) is 14.6. The fourth-order valence-corrected chi connectivity index (χ4v) is 5.27. The van der Waals surface area contributed by atoms with E-state index in [0.29, 0.717) is 17.2 Å². The number of anilines is 1. The van der Waals surface area contributed by atoms with E-state index in [1.54, 1.807) is 11.3 Å². The SMILES string of the molecule is CC(=O)O.CCN1CCN(c2ccc3cc(-c4ccc5nc(C)sc5c4)c(=O)oc3c2)C[C@@H]1C. The minimum Gasteiger partial charge on any atom is -0.481 e. The summed E-state index contributed by atoms with van der Waals surface area (Å²) < 4.78 is 6.84. The lowest BCUT2D eigenvalue weighted by Gasteiger charge is -2.40. The summed E-state index contributed by atoms with van der Waals surface area (Å²) in [5.41, 5.74) is 3.88. The lowest BCUT2D eigenvalue weighted by molar-refractivity contribution is -0.134. The topological polar surface area (TPSA) is 86.9 Å². The number of aliphatic carboxylic acids is 1. The number of hydrogen-bond acceptors (Lipinski definition) is 7. The predicted octanol–water partition coefficient (Wildman–Crippen LogP) is 5.00. The van der Waals surface area contributed by atoms with Crippen molar-refractivity contribution in [1.29, 1.82) is 0 Å². The molecular weight excluding hydrogens is 450 g/mol. The van der Waals surface area contributed by atoms with E-state index in [9.17, 15) is 4.79 Å². The van der Waals surface area contributed by atoms with Crippen LogP contribution in [0.15, 0.2) is 51.7 Å². The largest absolute Gasteiger partial charge is 0.481 e. The van der Waals surface area contributed by atoms with Crippen LogP contribution in [0.25, 0.3) is 32.3 Å². The highest BCUT2D eigenvalue weighted by molar-refractivity contribution is 7.18. The molecule has 3 heterocycles. The van der Waals surface area contributed by atoms with Gasteiger partial charge in [0.05, 0.1) is 20.8 Å². The molecule has 1 N–H and O–H groups in total. The van der Waals surface area contributed by atoms with Crippen molar-refractivity contribution < 1.29 is 14.3 Å². The number of benzene rings is 2. The van der Waals surface area contributed by atoms with Gasteiger partial charge >= 0.3 is 5.63 Å². The van der Waals surface area contributed by atoms with E-state index in [1.807, 2.05) is 37.3 Å². The first-order chi connectivity index (χ1) is 16.2. The van der Waals surface area contributed by atoms with Crippen molar-refractivity contribution in [3.63, 3.8) is 0 Å². The molecule has 1 atom stereocenters. The molecule has 0 spiro atoms. The number of nitrogens with zero attached hydrogens (tertiary/aromatic N) is 3. The Balaban J connectivity index is 0.000000636. The summed E-state index contributed by atoms with van der Waals surface area (Å²) in [4.78, 5) is 31.2. The van der Waals surface area contributed by atoms with Crippen LogP contribution < -0.4 is 10.5 Å². The molecule has 5 rings (SSSR count). The molecule has 0 radical (unpaired) electrons. The Hall–Kier alpha value is -3.23. The Morgan fingerprint density at radius 2 is 1.97 bits per heavy atom. The van der Waals surface area contributed by atoms with Crippen LogP contribution in [0.5, 0.6) is 0 Å². The van der Waals surface area contributed by atoms with Crippen LogP contribution in [0, 0.1) is 6.92 Å². The third-order valence-corrected chi connectivity index (χ3v) is 7.00. The summed E-state index contributed by atoms with van der Waals surface area (Å²) in [6.45, 7) is 11.7. The van der Waals surface area contributed by atoms with E-state index in [-0.39, 0.29) is 5.63 Å². The van der Waals surface area contributed by atoms with Gasteiger partial charge in [0.1, 0.15) is 5.58 Å². The summed E-state index contributed by atoms with van der Waals surface area (Å²) in [5.74, 6) is -0.833. The van der Waals surface area contributed by atoms with Crippen molar-refractivity contribution in [3.05, 3.63) is 57.9 Å². The van der Waals surface area contributed by atoms with E-state index in [4.69, 9.17) is 14.3 Å². The van der Waals surface area contributed by atoms with Crippen LogP contribution in [0.3, 0.4) is 0 Å². The molecule has 1 saturated heterocycles. The summed E-state index contributed by atoms with van der Waals surface area (Å²) in [6.07, 6.45) is 0. The Bertz CT molecular complexity index is 1390. The molecule has 1 fully saturated rings. The van der Waals surface area contributed by atoms with Gasteiger partial charge in [-0.1, -0.05) is 13.0 Å². The van der Waals surface area contributed by atoms with Crippen LogP contribution >= 0.6 is 11.3 Å². The molecule has 2 aromatic heterocycles. The maximum absolute atomic E-state index is 12.8. The standard InChI is InChI=1S/C24H25N3O2S.C2H4O2/c1-4-26-9-10-27(14-15(26)2)19-7-5-18-11-20(24(28)29-22(18)13-19)17-6-8-21-23(12-17)30-16(3)25-21;1-2(3)4/h5-8,11-13,15H,4,9-10,14H2,1-3H3;1H3,(H,3,4)/t15-;/m0./s1. The fraction of sp³-hybridized carbons (Fsp3) is 0.346. The third-order valence-electron chi connectivity index (χ3n) is 6.06. The van der Waals surface area contributed by atoms with Crippen LogP contribution in [0.1, 0.15) is 25.8 Å². The van der Waals surface area contributed by atoms with Gasteiger partial charge in [-0.05, 0) is 56.3 Å². The molecule has 4 aromatic rings. The zero-order chi connectivity index (χ0) is 24.4. The lowest BCUT2D eigenvalue weighted by Crippen LogP contribution is -2.51. The minimum absolute atomic E-state index is 0.301. The predicted molar refractivity (Wildman–Crippen MR) is 138 cm³/mol.